The van der Waals surface area contributed by atoms with Crippen LogP contribution in [-0.4, -0.2) is 43.9 Å². The zero-order valence-electron chi connectivity index (χ0n) is 7.32. The number of nitrogens with zero attached hydrogens (tertiary/aromatic N) is 2. The Hall–Kier alpha value is -2.21. The second kappa shape index (κ2) is 6.28. The van der Waals surface area contributed by atoms with E-state index >= 15 is 0 Å². The minimum atomic E-state index is -2.74. The lowest BCUT2D eigenvalue weighted by Crippen LogP contribution is -2.42. The van der Waals surface area contributed by atoms with Gasteiger partial charge in [-0.2, -0.15) is 0 Å². The summed E-state index contributed by atoms with van der Waals surface area (Å²) < 4.78 is 0. The van der Waals surface area contributed by atoms with Crippen LogP contribution in [0.25, 0.3) is 0 Å². The fourth-order valence-corrected chi connectivity index (χ4v) is 0.714. The van der Waals surface area contributed by atoms with Crippen LogP contribution in [0.4, 0.5) is 0 Å². The predicted octanol–water partition coefficient (Wildman–Crippen LogP) is -1.22. The lowest BCUT2D eigenvalue weighted by molar-refractivity contribution is -0.170. The topological polar surface area (TPSA) is 180 Å². The number of aliphatic hydroxyl groups is 1. The van der Waals surface area contributed by atoms with Crippen molar-refractivity contribution in [2.45, 2.75) is 18.4 Å². The van der Waals surface area contributed by atoms with Crippen LogP contribution in [0.1, 0.15) is 12.8 Å². The number of hydrogen-bond acceptors (Lipinski definition) is 6. The van der Waals surface area contributed by atoms with Crippen LogP contribution in [0.2, 0.25) is 0 Å². The molecule has 0 unspecified atom stereocenters. The predicted molar refractivity (Wildman–Crippen MR) is 40.5 cm³/mol. The number of carboxylic acid groups (broad SMARTS) is 3. The number of carboxylic acids is 3. The Labute approximate surface area is 83.0 Å². The molecule has 0 atom stereocenters. The first-order valence-corrected chi connectivity index (χ1v) is 3.37. The summed E-state index contributed by atoms with van der Waals surface area (Å²) in [6, 6.07) is 0. The van der Waals surface area contributed by atoms with Crippen LogP contribution < -0.4 is 0 Å². The van der Waals surface area contributed by atoms with E-state index in [0.717, 1.165) is 0 Å². The summed E-state index contributed by atoms with van der Waals surface area (Å²) in [6.07, 6.45) is -2.29. The molecule has 0 aromatic heterocycles. The molecule has 0 spiro atoms. The Morgan fingerprint density at radius 2 is 1.20 bits per heavy atom. The largest absolute Gasteiger partial charge is 0.481 e. The number of rotatable bonds is 5. The van der Waals surface area contributed by atoms with Crippen LogP contribution in [0.3, 0.4) is 0 Å². The standard InChI is InChI=1S/C6H8O7.N2/c7-3(8)1-6(13,5(11)12)2-4(9)10;1-2/h13H,1-2H2,(H,7,8)(H,9,10)(H,11,12);. The second-order valence-electron chi connectivity index (χ2n) is 2.48. The lowest BCUT2D eigenvalue weighted by Gasteiger charge is -2.18. The van der Waals surface area contributed by atoms with Crippen molar-refractivity contribution >= 4 is 17.9 Å². The Morgan fingerprint density at radius 3 is 1.33 bits per heavy atom. The zero-order chi connectivity index (χ0) is 12.6. The summed E-state index contributed by atoms with van der Waals surface area (Å²) in [5.41, 5.74) is -2.74. The summed E-state index contributed by atoms with van der Waals surface area (Å²) in [7, 11) is 0. The van der Waals surface area contributed by atoms with E-state index in [1.165, 1.54) is 0 Å². The maximum atomic E-state index is 10.3. The average molecular weight is 220 g/mol. The molecular formula is C6H8N2O7. The molecule has 0 aromatic carbocycles. The maximum absolute atomic E-state index is 10.3. The van der Waals surface area contributed by atoms with Crippen LogP contribution in [0.5, 0.6) is 0 Å². The molecule has 0 amide bonds. The van der Waals surface area contributed by atoms with Gasteiger partial charge in [-0.05, 0) is 0 Å². The molecule has 0 saturated carbocycles. The lowest BCUT2D eigenvalue weighted by atomic mass is 9.96. The molecule has 84 valence electrons. The molecular weight excluding hydrogens is 212 g/mol. The molecule has 0 aliphatic rings. The molecule has 9 nitrogen and oxygen atoms in total. The van der Waals surface area contributed by atoms with Gasteiger partial charge in [-0.3, -0.25) is 9.59 Å². The Morgan fingerprint density at radius 1 is 0.933 bits per heavy atom. The molecule has 9 heteroatoms. The van der Waals surface area contributed by atoms with Gasteiger partial charge in [0, 0.05) is 10.8 Å². The van der Waals surface area contributed by atoms with Crippen molar-refractivity contribution in [3.8, 4) is 0 Å². The number of aliphatic carboxylic acids is 3. The molecule has 0 aromatic rings. The van der Waals surface area contributed by atoms with Crippen molar-refractivity contribution in [1.29, 1.82) is 10.8 Å². The van der Waals surface area contributed by atoms with Gasteiger partial charge in [0.15, 0.2) is 5.60 Å². The summed E-state index contributed by atoms with van der Waals surface area (Å²) in [6.45, 7) is 0. The number of carbonyl (C=O) groups is 3. The van der Waals surface area contributed by atoms with Crippen LogP contribution in [-0.2, 0) is 14.4 Å². The maximum Gasteiger partial charge on any atom is 0.336 e. The van der Waals surface area contributed by atoms with Crippen LogP contribution in [0.15, 0.2) is 0 Å². The molecule has 0 aliphatic heterocycles. The van der Waals surface area contributed by atoms with E-state index < -0.39 is 36.4 Å². The first-order chi connectivity index (χ1) is 6.78. The molecule has 0 bridgehead atoms. The summed E-state index contributed by atoms with van der Waals surface area (Å²) in [5.74, 6) is -5.02. The van der Waals surface area contributed by atoms with Gasteiger partial charge >= 0.3 is 17.9 Å². The molecule has 0 rings (SSSR count). The molecule has 4 N–H and O–H groups in total. The highest BCUT2D eigenvalue weighted by Gasteiger charge is 2.40. The minimum Gasteiger partial charge on any atom is -0.481 e. The monoisotopic (exact) mass is 220 g/mol. The minimum absolute atomic E-state index is 1.14. The molecule has 0 heterocycles. The highest BCUT2D eigenvalue weighted by molar-refractivity contribution is 5.88. The van der Waals surface area contributed by atoms with E-state index in [2.05, 4.69) is 0 Å². The van der Waals surface area contributed by atoms with Gasteiger partial charge in [-0.15, -0.1) is 0 Å². The normalized spacial score (nSPS) is 9.53. The van der Waals surface area contributed by atoms with Crippen molar-refractivity contribution in [2.24, 2.45) is 0 Å². The van der Waals surface area contributed by atoms with Gasteiger partial charge in [-0.1, -0.05) is 0 Å². The Kier molecular flexibility index (Phi) is 6.39. The first-order valence-electron chi connectivity index (χ1n) is 3.37. The highest BCUT2D eigenvalue weighted by Crippen LogP contribution is 2.15. The molecule has 0 aliphatic carbocycles. The fourth-order valence-electron chi connectivity index (χ4n) is 0.714. The van der Waals surface area contributed by atoms with E-state index in [-0.39, 0.29) is 0 Å². The SMILES string of the molecule is N#N.O=C(O)CC(O)(CC(=O)O)C(=O)O. The van der Waals surface area contributed by atoms with Crippen LogP contribution >= 0.6 is 0 Å². The smallest absolute Gasteiger partial charge is 0.336 e. The van der Waals surface area contributed by atoms with E-state index in [1.54, 1.807) is 0 Å². The van der Waals surface area contributed by atoms with Crippen molar-refractivity contribution in [3.05, 3.63) is 0 Å². The van der Waals surface area contributed by atoms with Crippen molar-refractivity contribution < 1.29 is 34.8 Å². The van der Waals surface area contributed by atoms with Crippen molar-refractivity contribution in [3.63, 3.8) is 0 Å². The average Bonchev–Trinajstić information content (AvgIpc) is 2.04. The van der Waals surface area contributed by atoms with E-state index in [0.29, 0.717) is 0 Å². The van der Waals surface area contributed by atoms with Gasteiger partial charge in [-0.25, -0.2) is 4.79 Å². The van der Waals surface area contributed by atoms with Crippen LogP contribution in [0, 0.1) is 10.8 Å². The van der Waals surface area contributed by atoms with Gasteiger partial charge in [0.25, 0.3) is 0 Å². The number of hydrogen-bond donors (Lipinski definition) is 4. The van der Waals surface area contributed by atoms with Gasteiger partial charge in [0.1, 0.15) is 0 Å². The third-order valence-corrected chi connectivity index (χ3v) is 1.29. The fraction of sp³-hybridized carbons (Fsp3) is 0.500. The third kappa shape index (κ3) is 5.94. The zero-order valence-corrected chi connectivity index (χ0v) is 7.32. The van der Waals surface area contributed by atoms with Gasteiger partial charge < -0.3 is 20.4 Å². The summed E-state index contributed by atoms with van der Waals surface area (Å²) in [5, 5.41) is 45.8. The molecule has 0 fully saturated rings. The van der Waals surface area contributed by atoms with E-state index in [4.69, 9.17) is 31.2 Å². The quantitative estimate of drug-likeness (QED) is 0.413. The van der Waals surface area contributed by atoms with Gasteiger partial charge in [0.2, 0.25) is 0 Å². The van der Waals surface area contributed by atoms with E-state index in [9.17, 15) is 14.4 Å². The third-order valence-electron chi connectivity index (χ3n) is 1.29. The van der Waals surface area contributed by atoms with Gasteiger partial charge in [0.05, 0.1) is 12.8 Å². The highest BCUT2D eigenvalue weighted by atomic mass is 16.4. The summed E-state index contributed by atoms with van der Waals surface area (Å²) >= 11 is 0. The van der Waals surface area contributed by atoms with E-state index in [1.807, 2.05) is 0 Å². The van der Waals surface area contributed by atoms with Crippen molar-refractivity contribution in [2.75, 3.05) is 0 Å². The second-order valence-corrected chi connectivity index (χ2v) is 2.48. The Bertz CT molecular complexity index is 268. The summed E-state index contributed by atoms with van der Waals surface area (Å²) in [4.78, 5) is 30.5. The Balaban J connectivity index is 0. The molecule has 0 saturated heterocycles. The first kappa shape index (κ1) is 15.3. The molecule has 0 radical (unpaired) electrons. The van der Waals surface area contributed by atoms with Crippen molar-refractivity contribution in [1.82, 2.24) is 0 Å². The molecule has 15 heavy (non-hydrogen) atoms.